The molecule has 0 unspecified atom stereocenters. The minimum absolute atomic E-state index is 0.284. The Morgan fingerprint density at radius 3 is 1.71 bits per heavy atom. The van der Waals surface area contributed by atoms with E-state index in [9.17, 15) is 0 Å². The molecule has 2 aliphatic rings. The first kappa shape index (κ1) is 33.7. The molecule has 278 valence electrons. The Morgan fingerprint density at radius 1 is 0.373 bits per heavy atom. The maximum atomic E-state index is 6.31. The van der Waals surface area contributed by atoms with E-state index in [-0.39, 0.29) is 5.41 Å². The molecule has 8 aromatic carbocycles. The molecule has 1 spiro atoms. The normalized spacial score (nSPS) is 14.2. The van der Waals surface area contributed by atoms with Crippen molar-refractivity contribution in [1.29, 1.82) is 0 Å². The van der Waals surface area contributed by atoms with Crippen molar-refractivity contribution < 1.29 is 4.42 Å². The van der Waals surface area contributed by atoms with Crippen molar-refractivity contribution in [2.75, 3.05) is 0 Å². The molecule has 0 radical (unpaired) electrons. The van der Waals surface area contributed by atoms with Crippen LogP contribution in [0.4, 0.5) is 0 Å². The van der Waals surface area contributed by atoms with Crippen LogP contribution in [0.25, 0.3) is 78.1 Å². The molecule has 3 nitrogen and oxygen atoms in total. The third kappa shape index (κ3) is 4.82. The lowest BCUT2D eigenvalue weighted by atomic mass is 9.54. The zero-order valence-corrected chi connectivity index (χ0v) is 32.8. The fourth-order valence-corrected chi connectivity index (χ4v) is 10.4. The molecule has 0 amide bonds. The van der Waals surface area contributed by atoms with Gasteiger partial charge in [0.2, 0.25) is 0 Å². The van der Waals surface area contributed by atoms with E-state index in [1.54, 1.807) is 0 Å². The van der Waals surface area contributed by atoms with Gasteiger partial charge in [0.15, 0.2) is 5.82 Å². The Morgan fingerprint density at radius 2 is 0.932 bits per heavy atom. The van der Waals surface area contributed by atoms with E-state index in [2.05, 4.69) is 184 Å². The Labute approximate surface area is 343 Å². The number of nitrogens with zero attached hydrogens (tertiary/aromatic N) is 2. The summed E-state index contributed by atoms with van der Waals surface area (Å²) in [6.07, 6.45) is 0. The zero-order chi connectivity index (χ0) is 39.3. The second kappa shape index (κ2) is 12.6. The van der Waals surface area contributed by atoms with Gasteiger partial charge in [-0.1, -0.05) is 178 Å². The molecule has 10 aromatic rings. The summed E-state index contributed by atoms with van der Waals surface area (Å²) in [7, 11) is 0. The average molecular weight is 755 g/mol. The van der Waals surface area contributed by atoms with Crippen molar-refractivity contribution in [3.63, 3.8) is 0 Å². The average Bonchev–Trinajstić information content (AvgIpc) is 3.82. The van der Waals surface area contributed by atoms with Crippen molar-refractivity contribution in [3.05, 3.63) is 228 Å². The number of fused-ring (bicyclic) bond motifs is 12. The molecule has 3 heteroatoms. The SMILES string of the molecule is CC1(C)c2ccccc2C2(c3ccccc3-c3ccccc32)c2cccc(-c3cccc(-c4cc(-c5ccccc5)nc(-c5ccc6c(c5)oc5ccccc56)n4)c3)c21. The second-order valence-corrected chi connectivity index (χ2v) is 16.5. The van der Waals surface area contributed by atoms with Crippen LogP contribution in [-0.2, 0) is 10.8 Å². The molecule has 0 N–H and O–H groups in total. The van der Waals surface area contributed by atoms with E-state index in [1.807, 2.05) is 24.3 Å². The summed E-state index contributed by atoms with van der Waals surface area (Å²) in [6, 6.07) is 70.1. The predicted octanol–water partition coefficient (Wildman–Crippen LogP) is 14.0. The van der Waals surface area contributed by atoms with E-state index in [1.165, 1.54) is 50.1 Å². The highest BCUT2D eigenvalue weighted by Gasteiger charge is 2.53. The monoisotopic (exact) mass is 754 g/mol. The van der Waals surface area contributed by atoms with Crippen molar-refractivity contribution in [3.8, 4) is 56.2 Å². The van der Waals surface area contributed by atoms with Crippen LogP contribution in [0.15, 0.2) is 199 Å². The van der Waals surface area contributed by atoms with Gasteiger partial charge >= 0.3 is 0 Å². The molecule has 0 bridgehead atoms. The van der Waals surface area contributed by atoms with Gasteiger partial charge in [-0.2, -0.15) is 0 Å². The van der Waals surface area contributed by atoms with Gasteiger partial charge < -0.3 is 4.42 Å². The quantitative estimate of drug-likeness (QED) is 0.180. The largest absolute Gasteiger partial charge is 0.456 e. The first-order valence-corrected chi connectivity index (χ1v) is 20.4. The van der Waals surface area contributed by atoms with Crippen LogP contribution in [0, 0.1) is 0 Å². The number of para-hydroxylation sites is 1. The molecule has 2 aromatic heterocycles. The summed E-state index contributed by atoms with van der Waals surface area (Å²) in [5.41, 5.74) is 18.8. The van der Waals surface area contributed by atoms with Gasteiger partial charge in [0.25, 0.3) is 0 Å². The molecular formula is C56H38N2O. The molecule has 59 heavy (non-hydrogen) atoms. The van der Waals surface area contributed by atoms with Crippen LogP contribution in [0.5, 0.6) is 0 Å². The van der Waals surface area contributed by atoms with Crippen LogP contribution in [0.3, 0.4) is 0 Å². The van der Waals surface area contributed by atoms with Crippen molar-refractivity contribution in [2.45, 2.75) is 24.7 Å². The third-order valence-corrected chi connectivity index (χ3v) is 13.0. The van der Waals surface area contributed by atoms with Crippen molar-refractivity contribution in [1.82, 2.24) is 9.97 Å². The second-order valence-electron chi connectivity index (χ2n) is 16.5. The lowest BCUT2D eigenvalue weighted by Crippen LogP contribution is -2.41. The lowest BCUT2D eigenvalue weighted by molar-refractivity contribution is 0.565. The first-order chi connectivity index (χ1) is 29.0. The van der Waals surface area contributed by atoms with Crippen LogP contribution in [0.1, 0.15) is 47.2 Å². The molecule has 0 saturated heterocycles. The first-order valence-electron chi connectivity index (χ1n) is 20.4. The van der Waals surface area contributed by atoms with E-state index in [4.69, 9.17) is 14.4 Å². The summed E-state index contributed by atoms with van der Waals surface area (Å²) in [5, 5.41) is 2.19. The molecule has 0 atom stereocenters. The molecule has 2 aliphatic carbocycles. The van der Waals surface area contributed by atoms with Gasteiger partial charge in [-0.25, -0.2) is 9.97 Å². The van der Waals surface area contributed by atoms with Crippen LogP contribution in [0.2, 0.25) is 0 Å². The summed E-state index contributed by atoms with van der Waals surface area (Å²) in [6.45, 7) is 4.80. The van der Waals surface area contributed by atoms with E-state index in [0.717, 1.165) is 55.6 Å². The highest BCUT2D eigenvalue weighted by atomic mass is 16.3. The smallest absolute Gasteiger partial charge is 0.160 e. The molecule has 0 saturated carbocycles. The van der Waals surface area contributed by atoms with Gasteiger partial charge in [-0.15, -0.1) is 0 Å². The zero-order valence-electron chi connectivity index (χ0n) is 32.8. The topological polar surface area (TPSA) is 38.9 Å². The Balaban J connectivity index is 1.06. The third-order valence-electron chi connectivity index (χ3n) is 13.0. The molecule has 0 aliphatic heterocycles. The maximum absolute atomic E-state index is 6.31. The fourth-order valence-electron chi connectivity index (χ4n) is 10.4. The minimum atomic E-state index is -0.449. The number of rotatable bonds is 4. The predicted molar refractivity (Wildman–Crippen MR) is 240 cm³/mol. The van der Waals surface area contributed by atoms with E-state index < -0.39 is 5.41 Å². The Hall–Kier alpha value is -7.36. The molecule has 12 rings (SSSR count). The number of hydrogen-bond donors (Lipinski definition) is 0. The number of aromatic nitrogens is 2. The standard InChI is InChI=1S/C56H38N2O/c1-55(2)46-26-11-12-27-47(46)56(44-24-9-6-20-40(44)41-21-7-10-25-45(41)56)48-28-15-23-39(53(48)55)36-18-14-19-37(32-36)50-34-49(35-16-4-3-5-17-35)57-54(58-50)38-30-31-43-42-22-8-13-29-51(42)59-52(43)33-38/h3-34H,1-2H3. The van der Waals surface area contributed by atoms with E-state index in [0.29, 0.717) is 5.82 Å². The molecule has 2 heterocycles. The van der Waals surface area contributed by atoms with Crippen molar-refractivity contribution in [2.24, 2.45) is 0 Å². The van der Waals surface area contributed by atoms with Crippen LogP contribution in [-0.4, -0.2) is 9.97 Å². The van der Waals surface area contributed by atoms with Gasteiger partial charge in [-0.05, 0) is 86.0 Å². The number of hydrogen-bond acceptors (Lipinski definition) is 3. The van der Waals surface area contributed by atoms with Gasteiger partial charge in [0, 0.05) is 32.9 Å². The summed E-state index contributed by atoms with van der Waals surface area (Å²) in [4.78, 5) is 10.5. The summed E-state index contributed by atoms with van der Waals surface area (Å²) in [5.74, 6) is 0.657. The maximum Gasteiger partial charge on any atom is 0.160 e. The number of furan rings is 1. The molecular weight excluding hydrogens is 717 g/mol. The highest BCUT2D eigenvalue weighted by molar-refractivity contribution is 6.05. The Bertz CT molecular complexity index is 3270. The fraction of sp³-hybridized carbons (Fsp3) is 0.0714. The summed E-state index contributed by atoms with van der Waals surface area (Å²) < 4.78 is 6.31. The van der Waals surface area contributed by atoms with Crippen LogP contribution < -0.4 is 0 Å². The lowest BCUT2D eigenvalue weighted by Gasteiger charge is -2.47. The van der Waals surface area contributed by atoms with Crippen molar-refractivity contribution >= 4 is 21.9 Å². The van der Waals surface area contributed by atoms with Gasteiger partial charge in [0.05, 0.1) is 16.8 Å². The van der Waals surface area contributed by atoms with E-state index >= 15 is 0 Å². The van der Waals surface area contributed by atoms with Gasteiger partial charge in [-0.3, -0.25) is 0 Å². The highest BCUT2D eigenvalue weighted by Crippen LogP contribution is 2.63. The number of benzene rings is 8. The van der Waals surface area contributed by atoms with Gasteiger partial charge in [0.1, 0.15) is 11.2 Å². The summed E-state index contributed by atoms with van der Waals surface area (Å²) >= 11 is 0. The van der Waals surface area contributed by atoms with Crippen LogP contribution >= 0.6 is 0 Å². The minimum Gasteiger partial charge on any atom is -0.456 e. The molecule has 0 fully saturated rings. The Kier molecular flexibility index (Phi) is 7.19.